The fourth-order valence-electron chi connectivity index (χ4n) is 1.63. The summed E-state index contributed by atoms with van der Waals surface area (Å²) in [5, 5.41) is 0. The molecule has 0 aliphatic heterocycles. The SMILES string of the molecule is COc1ccc(Oc2ccc(C(=O)N(C)C)cn2)c(Br)c1. The minimum atomic E-state index is -0.0975. The van der Waals surface area contributed by atoms with Crippen LogP contribution in [0.1, 0.15) is 10.4 Å². The molecule has 0 fully saturated rings. The van der Waals surface area contributed by atoms with Gasteiger partial charge in [-0.05, 0) is 40.2 Å². The van der Waals surface area contributed by atoms with Crippen LogP contribution in [0.2, 0.25) is 0 Å². The lowest BCUT2D eigenvalue weighted by atomic mass is 10.2. The Bertz CT molecular complexity index is 642. The third-order valence-electron chi connectivity index (χ3n) is 2.74. The number of aromatic nitrogens is 1. The quantitative estimate of drug-likeness (QED) is 0.848. The number of carbonyl (C=O) groups is 1. The Labute approximate surface area is 131 Å². The fraction of sp³-hybridized carbons (Fsp3) is 0.200. The first-order valence-electron chi connectivity index (χ1n) is 6.20. The monoisotopic (exact) mass is 350 g/mol. The highest BCUT2D eigenvalue weighted by Gasteiger charge is 2.10. The molecule has 0 aliphatic rings. The molecule has 2 aromatic rings. The van der Waals surface area contributed by atoms with E-state index in [4.69, 9.17) is 9.47 Å². The first-order valence-corrected chi connectivity index (χ1v) is 6.99. The molecule has 21 heavy (non-hydrogen) atoms. The smallest absolute Gasteiger partial charge is 0.254 e. The van der Waals surface area contributed by atoms with E-state index in [9.17, 15) is 4.79 Å². The largest absolute Gasteiger partial charge is 0.497 e. The molecule has 0 radical (unpaired) electrons. The highest BCUT2D eigenvalue weighted by molar-refractivity contribution is 9.10. The van der Waals surface area contributed by atoms with E-state index < -0.39 is 0 Å². The first-order chi connectivity index (χ1) is 10.0. The Morgan fingerprint density at radius 3 is 2.52 bits per heavy atom. The summed E-state index contributed by atoms with van der Waals surface area (Å²) in [4.78, 5) is 17.4. The summed E-state index contributed by atoms with van der Waals surface area (Å²) in [5.41, 5.74) is 0.515. The van der Waals surface area contributed by atoms with Crippen molar-refractivity contribution in [3.8, 4) is 17.4 Å². The van der Waals surface area contributed by atoms with Crippen LogP contribution in [0.5, 0.6) is 17.4 Å². The van der Waals surface area contributed by atoms with Crippen molar-refractivity contribution in [1.82, 2.24) is 9.88 Å². The third kappa shape index (κ3) is 3.72. The van der Waals surface area contributed by atoms with Gasteiger partial charge in [0.15, 0.2) is 0 Å². The van der Waals surface area contributed by atoms with Crippen molar-refractivity contribution in [2.75, 3.05) is 21.2 Å². The first kappa shape index (κ1) is 15.3. The fourth-order valence-corrected chi connectivity index (χ4v) is 2.07. The maximum atomic E-state index is 11.8. The van der Waals surface area contributed by atoms with Crippen LogP contribution in [-0.2, 0) is 0 Å². The molecule has 0 N–H and O–H groups in total. The van der Waals surface area contributed by atoms with E-state index in [2.05, 4.69) is 20.9 Å². The van der Waals surface area contributed by atoms with Crippen molar-refractivity contribution >= 4 is 21.8 Å². The number of halogens is 1. The second-order valence-corrected chi connectivity index (χ2v) is 5.34. The number of methoxy groups -OCH3 is 1. The van der Waals surface area contributed by atoms with Crippen LogP contribution in [0.25, 0.3) is 0 Å². The molecular weight excluding hydrogens is 336 g/mol. The minimum absolute atomic E-state index is 0.0975. The zero-order valence-corrected chi connectivity index (χ0v) is 13.5. The third-order valence-corrected chi connectivity index (χ3v) is 3.36. The van der Waals surface area contributed by atoms with Gasteiger partial charge in [0, 0.05) is 26.4 Å². The molecule has 110 valence electrons. The average molecular weight is 351 g/mol. The van der Waals surface area contributed by atoms with Gasteiger partial charge in [0.05, 0.1) is 17.1 Å². The van der Waals surface area contributed by atoms with Gasteiger partial charge < -0.3 is 14.4 Å². The van der Waals surface area contributed by atoms with Gasteiger partial charge in [-0.2, -0.15) is 0 Å². The molecular formula is C15H15BrN2O3. The van der Waals surface area contributed by atoms with Crippen LogP contribution < -0.4 is 9.47 Å². The lowest BCUT2D eigenvalue weighted by Crippen LogP contribution is -2.21. The lowest BCUT2D eigenvalue weighted by molar-refractivity contribution is 0.0827. The predicted octanol–water partition coefficient (Wildman–Crippen LogP) is 3.35. The second kappa shape index (κ2) is 6.58. The maximum absolute atomic E-state index is 11.8. The minimum Gasteiger partial charge on any atom is -0.497 e. The number of hydrogen-bond acceptors (Lipinski definition) is 4. The van der Waals surface area contributed by atoms with Crippen molar-refractivity contribution in [3.63, 3.8) is 0 Å². The number of nitrogens with zero attached hydrogens (tertiary/aromatic N) is 2. The summed E-state index contributed by atoms with van der Waals surface area (Å²) >= 11 is 3.41. The van der Waals surface area contributed by atoms with E-state index in [0.29, 0.717) is 17.2 Å². The maximum Gasteiger partial charge on any atom is 0.254 e. The Balaban J connectivity index is 2.15. The topological polar surface area (TPSA) is 51.7 Å². The van der Waals surface area contributed by atoms with E-state index in [1.165, 1.54) is 11.1 Å². The normalized spacial score (nSPS) is 10.1. The number of carbonyl (C=O) groups excluding carboxylic acids is 1. The molecule has 1 heterocycles. The summed E-state index contributed by atoms with van der Waals surface area (Å²) in [6.45, 7) is 0. The molecule has 0 aliphatic carbocycles. The number of rotatable bonds is 4. The average Bonchev–Trinajstić information content (AvgIpc) is 2.49. The van der Waals surface area contributed by atoms with Gasteiger partial charge in [0.1, 0.15) is 11.5 Å². The summed E-state index contributed by atoms with van der Waals surface area (Å²) in [6.07, 6.45) is 1.50. The number of ether oxygens (including phenoxy) is 2. The summed E-state index contributed by atoms with van der Waals surface area (Å²) in [7, 11) is 4.99. The van der Waals surface area contributed by atoms with Crippen LogP contribution in [0, 0.1) is 0 Å². The number of benzene rings is 1. The van der Waals surface area contributed by atoms with Crippen LogP contribution in [-0.4, -0.2) is 37.0 Å². The van der Waals surface area contributed by atoms with Gasteiger partial charge in [-0.3, -0.25) is 4.79 Å². The van der Waals surface area contributed by atoms with Gasteiger partial charge in [0.2, 0.25) is 5.88 Å². The van der Waals surface area contributed by atoms with Crippen LogP contribution in [0.15, 0.2) is 41.0 Å². The van der Waals surface area contributed by atoms with E-state index >= 15 is 0 Å². The Morgan fingerprint density at radius 1 is 1.24 bits per heavy atom. The van der Waals surface area contributed by atoms with Gasteiger partial charge in [-0.25, -0.2) is 4.98 Å². The molecule has 0 atom stereocenters. The van der Waals surface area contributed by atoms with Gasteiger partial charge in [-0.15, -0.1) is 0 Å². The Morgan fingerprint density at radius 2 is 2.00 bits per heavy atom. The van der Waals surface area contributed by atoms with Crippen molar-refractivity contribution in [2.45, 2.75) is 0 Å². The van der Waals surface area contributed by atoms with E-state index in [1.807, 2.05) is 0 Å². The lowest BCUT2D eigenvalue weighted by Gasteiger charge is -2.11. The highest BCUT2D eigenvalue weighted by Crippen LogP contribution is 2.32. The summed E-state index contributed by atoms with van der Waals surface area (Å²) in [6, 6.07) is 8.72. The standard InChI is InChI=1S/C15H15BrN2O3/c1-18(2)15(19)10-4-7-14(17-9-10)21-13-6-5-11(20-3)8-12(13)16/h4-9H,1-3H3. The molecule has 0 spiro atoms. The van der Waals surface area contributed by atoms with E-state index in [-0.39, 0.29) is 5.91 Å². The molecule has 0 unspecified atom stereocenters. The van der Waals surface area contributed by atoms with Crippen LogP contribution in [0.4, 0.5) is 0 Å². The van der Waals surface area contributed by atoms with Crippen molar-refractivity contribution < 1.29 is 14.3 Å². The molecule has 0 saturated heterocycles. The van der Waals surface area contributed by atoms with E-state index in [1.54, 1.807) is 51.5 Å². The summed E-state index contributed by atoms with van der Waals surface area (Å²) < 4.78 is 11.5. The summed E-state index contributed by atoms with van der Waals surface area (Å²) in [5.74, 6) is 1.67. The second-order valence-electron chi connectivity index (χ2n) is 4.48. The molecule has 0 bridgehead atoms. The van der Waals surface area contributed by atoms with Crippen molar-refractivity contribution in [3.05, 3.63) is 46.6 Å². The van der Waals surface area contributed by atoms with Gasteiger partial charge in [0.25, 0.3) is 5.91 Å². The molecule has 6 heteroatoms. The Hall–Kier alpha value is -2.08. The van der Waals surface area contributed by atoms with Gasteiger partial charge in [-0.1, -0.05) is 0 Å². The van der Waals surface area contributed by atoms with Crippen molar-refractivity contribution in [1.29, 1.82) is 0 Å². The number of pyridine rings is 1. The zero-order valence-electron chi connectivity index (χ0n) is 12.0. The molecule has 1 aromatic heterocycles. The molecule has 5 nitrogen and oxygen atoms in total. The van der Waals surface area contributed by atoms with E-state index in [0.717, 1.165) is 10.2 Å². The molecule has 1 aromatic carbocycles. The van der Waals surface area contributed by atoms with Crippen LogP contribution in [0.3, 0.4) is 0 Å². The molecule has 1 amide bonds. The zero-order chi connectivity index (χ0) is 15.4. The Kier molecular flexibility index (Phi) is 4.80. The highest BCUT2D eigenvalue weighted by atomic mass is 79.9. The van der Waals surface area contributed by atoms with Crippen molar-refractivity contribution in [2.24, 2.45) is 0 Å². The number of amides is 1. The molecule has 2 rings (SSSR count). The number of hydrogen-bond donors (Lipinski definition) is 0. The predicted molar refractivity (Wildman–Crippen MR) is 83.0 cm³/mol. The van der Waals surface area contributed by atoms with Crippen LogP contribution >= 0.6 is 15.9 Å². The van der Waals surface area contributed by atoms with Gasteiger partial charge >= 0.3 is 0 Å². The molecule has 0 saturated carbocycles.